The van der Waals surface area contributed by atoms with E-state index < -0.39 is 0 Å². The van der Waals surface area contributed by atoms with Crippen LogP contribution in [0.15, 0.2) is 84.1 Å². The second-order valence-electron chi connectivity index (χ2n) is 5.37. The third-order valence-corrected chi connectivity index (χ3v) is 4.40. The monoisotopic (exact) mass is 232 g/mol. The predicted molar refractivity (Wildman–Crippen MR) is 75.8 cm³/mol. The maximum atomic E-state index is 2.34. The molecular weight excluding hydrogens is 216 g/mol. The van der Waals surface area contributed by atoms with Crippen molar-refractivity contribution in [3.05, 3.63) is 84.1 Å². The molecule has 0 aliphatic heterocycles. The van der Waals surface area contributed by atoms with Crippen LogP contribution in [0, 0.1) is 23.7 Å². The second-order valence-corrected chi connectivity index (χ2v) is 5.37. The van der Waals surface area contributed by atoms with Crippen LogP contribution in [-0.2, 0) is 0 Å². The Labute approximate surface area is 108 Å². The van der Waals surface area contributed by atoms with E-state index in [-0.39, 0.29) is 0 Å². The lowest BCUT2D eigenvalue weighted by molar-refractivity contribution is 0.634. The quantitative estimate of drug-likeness (QED) is 0.589. The van der Waals surface area contributed by atoms with Gasteiger partial charge in [-0.15, -0.1) is 0 Å². The summed E-state index contributed by atoms with van der Waals surface area (Å²) >= 11 is 0. The Bertz CT molecular complexity index is 523. The van der Waals surface area contributed by atoms with Gasteiger partial charge in [0.05, 0.1) is 0 Å². The van der Waals surface area contributed by atoms with Gasteiger partial charge in [-0.1, -0.05) is 72.9 Å². The summed E-state index contributed by atoms with van der Waals surface area (Å²) in [5.74, 6) is 2.28. The van der Waals surface area contributed by atoms with Gasteiger partial charge in [0.25, 0.3) is 0 Å². The molecule has 4 unspecified atom stereocenters. The fourth-order valence-electron chi connectivity index (χ4n) is 3.47. The third kappa shape index (κ3) is 1.38. The average molecular weight is 232 g/mol. The molecule has 0 aromatic heterocycles. The molecule has 4 aliphatic rings. The van der Waals surface area contributed by atoms with Crippen LogP contribution in [0.1, 0.15) is 0 Å². The van der Waals surface area contributed by atoms with E-state index >= 15 is 0 Å². The van der Waals surface area contributed by atoms with Gasteiger partial charge in [-0.05, 0) is 11.1 Å². The van der Waals surface area contributed by atoms with Crippen LogP contribution in [0.3, 0.4) is 0 Å². The highest BCUT2D eigenvalue weighted by atomic mass is 14.4. The molecular formula is C18H16. The molecule has 4 rings (SSSR count). The van der Waals surface area contributed by atoms with Gasteiger partial charge >= 0.3 is 0 Å². The molecule has 0 heterocycles. The maximum absolute atomic E-state index is 2.34. The van der Waals surface area contributed by atoms with Crippen molar-refractivity contribution >= 4 is 0 Å². The van der Waals surface area contributed by atoms with Crippen LogP contribution in [-0.4, -0.2) is 0 Å². The van der Waals surface area contributed by atoms with Crippen LogP contribution in [0.4, 0.5) is 0 Å². The molecule has 0 fully saturated rings. The Morgan fingerprint density at radius 2 is 0.944 bits per heavy atom. The van der Waals surface area contributed by atoms with Crippen LogP contribution in [0.2, 0.25) is 0 Å². The van der Waals surface area contributed by atoms with Gasteiger partial charge in [0.1, 0.15) is 0 Å². The first-order valence-corrected chi connectivity index (χ1v) is 6.74. The zero-order valence-electron chi connectivity index (χ0n) is 10.2. The molecule has 0 aromatic carbocycles. The molecule has 0 saturated carbocycles. The smallest absolute Gasteiger partial charge is 0.0122 e. The van der Waals surface area contributed by atoms with E-state index in [2.05, 4.69) is 72.9 Å². The van der Waals surface area contributed by atoms with Gasteiger partial charge in [0, 0.05) is 23.7 Å². The Kier molecular flexibility index (Phi) is 2.16. The van der Waals surface area contributed by atoms with Crippen LogP contribution >= 0.6 is 0 Å². The number of rotatable bonds is 0. The molecule has 0 heteroatoms. The number of hydrogen-bond acceptors (Lipinski definition) is 0. The predicted octanol–water partition coefficient (Wildman–Crippen LogP) is 4.14. The lowest BCUT2D eigenvalue weighted by atomic mass is 9.81. The van der Waals surface area contributed by atoms with Crippen molar-refractivity contribution in [2.75, 3.05) is 0 Å². The van der Waals surface area contributed by atoms with E-state index in [1.807, 2.05) is 0 Å². The summed E-state index contributed by atoms with van der Waals surface area (Å²) in [6.45, 7) is 0. The summed E-state index contributed by atoms with van der Waals surface area (Å²) < 4.78 is 0. The largest absolute Gasteiger partial charge is 0.0767 e. The van der Waals surface area contributed by atoms with Crippen molar-refractivity contribution in [1.29, 1.82) is 0 Å². The van der Waals surface area contributed by atoms with Gasteiger partial charge in [-0.25, -0.2) is 0 Å². The maximum Gasteiger partial charge on any atom is 0.0122 e. The molecule has 4 aliphatic carbocycles. The molecule has 0 saturated heterocycles. The summed E-state index contributed by atoms with van der Waals surface area (Å²) in [7, 11) is 0. The third-order valence-electron chi connectivity index (χ3n) is 4.40. The van der Waals surface area contributed by atoms with E-state index in [0.29, 0.717) is 23.7 Å². The molecule has 0 amide bonds. The first kappa shape index (κ1) is 10.1. The van der Waals surface area contributed by atoms with Crippen molar-refractivity contribution in [3.8, 4) is 0 Å². The average Bonchev–Trinajstić information content (AvgIpc) is 3.01. The zero-order valence-corrected chi connectivity index (χ0v) is 10.2. The highest BCUT2D eigenvalue weighted by molar-refractivity contribution is 5.51. The highest BCUT2D eigenvalue weighted by Crippen LogP contribution is 2.43. The van der Waals surface area contributed by atoms with E-state index in [0.717, 1.165) is 0 Å². The Balaban J connectivity index is 1.77. The van der Waals surface area contributed by atoms with Gasteiger partial charge in [-0.2, -0.15) is 0 Å². The standard InChI is InChI=1S/C18H16/c1-3-7-15-13(5-1)9-11-17(15)18-12-10-14-6-2-4-8-16(14)18/h1-16H. The minimum absolute atomic E-state index is 0.563. The molecule has 0 nitrogen and oxygen atoms in total. The van der Waals surface area contributed by atoms with E-state index in [1.165, 1.54) is 11.1 Å². The van der Waals surface area contributed by atoms with Crippen molar-refractivity contribution in [2.45, 2.75) is 0 Å². The lowest BCUT2D eigenvalue weighted by Gasteiger charge is -2.22. The molecule has 0 N–H and O–H groups in total. The first-order valence-electron chi connectivity index (χ1n) is 6.74. The lowest BCUT2D eigenvalue weighted by Crippen LogP contribution is -2.12. The fraction of sp³-hybridized carbons (Fsp3) is 0.222. The fourth-order valence-corrected chi connectivity index (χ4v) is 3.47. The van der Waals surface area contributed by atoms with Gasteiger partial charge < -0.3 is 0 Å². The van der Waals surface area contributed by atoms with Crippen molar-refractivity contribution < 1.29 is 0 Å². The minimum Gasteiger partial charge on any atom is -0.0767 e. The summed E-state index contributed by atoms with van der Waals surface area (Å²) in [6, 6.07) is 0. The second kappa shape index (κ2) is 3.84. The van der Waals surface area contributed by atoms with Crippen molar-refractivity contribution in [3.63, 3.8) is 0 Å². The number of hydrogen-bond donors (Lipinski definition) is 0. The van der Waals surface area contributed by atoms with Crippen molar-refractivity contribution in [2.24, 2.45) is 23.7 Å². The van der Waals surface area contributed by atoms with Gasteiger partial charge in [0.15, 0.2) is 0 Å². The Morgan fingerprint density at radius 1 is 0.500 bits per heavy atom. The summed E-state index contributed by atoms with van der Waals surface area (Å²) in [5, 5.41) is 0. The summed E-state index contributed by atoms with van der Waals surface area (Å²) in [5.41, 5.74) is 3.04. The zero-order chi connectivity index (χ0) is 11.9. The topological polar surface area (TPSA) is 0 Å². The number of allylic oxidation sites excluding steroid dienone is 14. The molecule has 0 spiro atoms. The number of fused-ring (bicyclic) bond motifs is 2. The molecule has 4 atom stereocenters. The summed E-state index contributed by atoms with van der Waals surface area (Å²) in [4.78, 5) is 0. The molecule has 0 radical (unpaired) electrons. The van der Waals surface area contributed by atoms with Gasteiger partial charge in [-0.3, -0.25) is 0 Å². The summed E-state index contributed by atoms with van der Waals surface area (Å²) in [6.07, 6.45) is 27.4. The van der Waals surface area contributed by atoms with Crippen LogP contribution in [0.5, 0.6) is 0 Å². The first-order chi connectivity index (χ1) is 8.93. The normalized spacial score (nSPS) is 42.7. The SMILES string of the molecule is C1=CC2C=CC(=C3C=CC4C=CC=CC34)C2C=C1. The molecule has 0 bridgehead atoms. The van der Waals surface area contributed by atoms with Crippen LogP contribution in [0.25, 0.3) is 0 Å². The van der Waals surface area contributed by atoms with E-state index in [9.17, 15) is 0 Å². The van der Waals surface area contributed by atoms with Crippen molar-refractivity contribution in [1.82, 2.24) is 0 Å². The van der Waals surface area contributed by atoms with E-state index in [4.69, 9.17) is 0 Å². The molecule has 88 valence electrons. The Morgan fingerprint density at radius 3 is 1.44 bits per heavy atom. The highest BCUT2D eigenvalue weighted by Gasteiger charge is 2.32. The molecule has 18 heavy (non-hydrogen) atoms. The van der Waals surface area contributed by atoms with E-state index in [1.54, 1.807) is 0 Å². The Hall–Kier alpha value is -1.82. The van der Waals surface area contributed by atoms with Crippen LogP contribution < -0.4 is 0 Å². The molecule has 0 aromatic rings. The van der Waals surface area contributed by atoms with Gasteiger partial charge in [0.2, 0.25) is 0 Å². The minimum atomic E-state index is 0.563.